The molecule has 21 heavy (non-hydrogen) atoms. The molecular formula is C15H28N4O2. The molecule has 2 rings (SSSR count). The summed E-state index contributed by atoms with van der Waals surface area (Å²) in [5.41, 5.74) is 0. The van der Waals surface area contributed by atoms with Crippen LogP contribution in [-0.2, 0) is 9.59 Å². The molecule has 1 saturated heterocycles. The molecule has 6 nitrogen and oxygen atoms in total. The van der Waals surface area contributed by atoms with Crippen molar-refractivity contribution in [3.05, 3.63) is 0 Å². The van der Waals surface area contributed by atoms with Crippen LogP contribution < -0.4 is 10.6 Å². The predicted molar refractivity (Wildman–Crippen MR) is 81.9 cm³/mol. The van der Waals surface area contributed by atoms with Crippen LogP contribution in [0.1, 0.15) is 25.7 Å². The minimum absolute atomic E-state index is 0.0334. The average Bonchev–Trinajstić information content (AvgIpc) is 3.23. The third-order valence-corrected chi connectivity index (χ3v) is 4.20. The summed E-state index contributed by atoms with van der Waals surface area (Å²) in [5, 5.41) is 6.12. The lowest BCUT2D eigenvalue weighted by Gasteiger charge is -2.33. The van der Waals surface area contributed by atoms with Crippen LogP contribution in [0.3, 0.4) is 0 Å². The average molecular weight is 296 g/mol. The van der Waals surface area contributed by atoms with Gasteiger partial charge in [0.1, 0.15) is 0 Å². The molecule has 2 amide bonds. The number of hydrogen-bond acceptors (Lipinski definition) is 4. The molecule has 1 saturated carbocycles. The number of likely N-dealkylation sites (N-methyl/N-ethyl adjacent to an activating group) is 1. The largest absolute Gasteiger partial charge is 0.352 e. The van der Waals surface area contributed by atoms with Gasteiger partial charge in [-0.25, -0.2) is 0 Å². The maximum Gasteiger partial charge on any atom is 0.239 e. The lowest BCUT2D eigenvalue weighted by Crippen LogP contribution is -2.46. The number of likely N-dealkylation sites (tertiary alicyclic amines) is 1. The van der Waals surface area contributed by atoms with E-state index in [-0.39, 0.29) is 18.4 Å². The Balaban J connectivity index is 1.70. The Morgan fingerprint density at radius 2 is 2.05 bits per heavy atom. The monoisotopic (exact) mass is 296 g/mol. The second-order valence-corrected chi connectivity index (χ2v) is 6.39. The van der Waals surface area contributed by atoms with E-state index in [2.05, 4.69) is 15.5 Å². The molecule has 1 aliphatic heterocycles. The third-order valence-electron chi connectivity index (χ3n) is 4.20. The summed E-state index contributed by atoms with van der Waals surface area (Å²) in [6.07, 6.45) is 4.52. The van der Waals surface area contributed by atoms with Crippen molar-refractivity contribution in [3.63, 3.8) is 0 Å². The van der Waals surface area contributed by atoms with Crippen molar-refractivity contribution in [3.8, 4) is 0 Å². The molecular weight excluding hydrogens is 268 g/mol. The number of amides is 2. The zero-order valence-electron chi connectivity index (χ0n) is 13.2. The van der Waals surface area contributed by atoms with E-state index in [1.165, 1.54) is 6.42 Å². The molecule has 0 radical (unpaired) electrons. The van der Waals surface area contributed by atoms with Gasteiger partial charge in [-0.15, -0.1) is 0 Å². The van der Waals surface area contributed by atoms with Crippen LogP contribution in [0.15, 0.2) is 0 Å². The maximum atomic E-state index is 12.2. The van der Waals surface area contributed by atoms with Crippen LogP contribution in [0.5, 0.6) is 0 Å². The van der Waals surface area contributed by atoms with Crippen molar-refractivity contribution in [1.29, 1.82) is 0 Å². The van der Waals surface area contributed by atoms with Crippen molar-refractivity contribution < 1.29 is 9.59 Å². The number of piperidine rings is 1. The smallest absolute Gasteiger partial charge is 0.239 e. The molecule has 1 aliphatic carbocycles. The molecule has 0 aromatic rings. The Morgan fingerprint density at radius 1 is 1.29 bits per heavy atom. The lowest BCUT2D eigenvalue weighted by atomic mass is 9.98. The summed E-state index contributed by atoms with van der Waals surface area (Å²) in [5.74, 6) is 0.617. The zero-order valence-corrected chi connectivity index (χ0v) is 13.2. The van der Waals surface area contributed by atoms with E-state index in [0.29, 0.717) is 18.5 Å². The first-order chi connectivity index (χ1) is 10.1. The summed E-state index contributed by atoms with van der Waals surface area (Å²) in [6.45, 7) is 3.55. The molecule has 2 N–H and O–H groups in total. The molecule has 2 aliphatic rings. The minimum atomic E-state index is -0.0416. The van der Waals surface area contributed by atoms with Gasteiger partial charge in [0.2, 0.25) is 11.8 Å². The van der Waals surface area contributed by atoms with E-state index in [0.717, 1.165) is 38.9 Å². The van der Waals surface area contributed by atoms with Crippen molar-refractivity contribution >= 4 is 11.8 Å². The second kappa shape index (κ2) is 7.75. The van der Waals surface area contributed by atoms with Crippen molar-refractivity contribution in [2.75, 3.05) is 46.8 Å². The Hall–Kier alpha value is -1.14. The number of rotatable bonds is 7. The zero-order chi connectivity index (χ0) is 15.2. The Bertz CT molecular complexity index is 369. The molecule has 2 fully saturated rings. The van der Waals surface area contributed by atoms with Gasteiger partial charge in [0.15, 0.2) is 0 Å². The highest BCUT2D eigenvalue weighted by molar-refractivity contribution is 5.85. The first-order valence-corrected chi connectivity index (χ1v) is 7.98. The van der Waals surface area contributed by atoms with Gasteiger partial charge in [0.05, 0.1) is 13.1 Å². The fourth-order valence-corrected chi connectivity index (χ4v) is 2.87. The van der Waals surface area contributed by atoms with Gasteiger partial charge >= 0.3 is 0 Å². The van der Waals surface area contributed by atoms with Crippen LogP contribution in [0.2, 0.25) is 0 Å². The molecule has 1 heterocycles. The standard InChI is InChI=1S/C15H28N4O2/c1-16-8-12-4-3-7-19(9-12)11-15(21)18(2)10-14(20)17-13-5-6-13/h12-13,16H,3-11H2,1-2H3,(H,17,20). The number of carbonyl (C=O) groups excluding carboxylic acids is 2. The first kappa shape index (κ1) is 16.2. The SMILES string of the molecule is CNCC1CCCN(CC(=O)N(C)CC(=O)NC2CC2)C1. The first-order valence-electron chi connectivity index (χ1n) is 7.98. The van der Waals surface area contributed by atoms with Gasteiger partial charge in [0, 0.05) is 19.6 Å². The van der Waals surface area contributed by atoms with Gasteiger partial charge in [-0.2, -0.15) is 0 Å². The summed E-state index contributed by atoms with van der Waals surface area (Å²) >= 11 is 0. The third kappa shape index (κ3) is 5.63. The molecule has 0 spiro atoms. The van der Waals surface area contributed by atoms with Crippen LogP contribution in [0, 0.1) is 5.92 Å². The second-order valence-electron chi connectivity index (χ2n) is 6.39. The van der Waals surface area contributed by atoms with Gasteiger partial charge < -0.3 is 15.5 Å². The number of nitrogens with zero attached hydrogens (tertiary/aromatic N) is 2. The summed E-state index contributed by atoms with van der Waals surface area (Å²) in [6, 6.07) is 0.352. The highest BCUT2D eigenvalue weighted by Gasteiger charge is 2.25. The quantitative estimate of drug-likeness (QED) is 0.674. The fraction of sp³-hybridized carbons (Fsp3) is 0.867. The molecule has 0 aromatic heterocycles. The van der Waals surface area contributed by atoms with Crippen LogP contribution in [0.25, 0.3) is 0 Å². The Labute approximate surface area is 127 Å². The van der Waals surface area contributed by atoms with Gasteiger partial charge in [-0.05, 0) is 51.7 Å². The minimum Gasteiger partial charge on any atom is -0.352 e. The van der Waals surface area contributed by atoms with Crippen molar-refractivity contribution in [1.82, 2.24) is 20.4 Å². The summed E-state index contributed by atoms with van der Waals surface area (Å²) in [4.78, 5) is 27.7. The van der Waals surface area contributed by atoms with Crippen molar-refractivity contribution in [2.24, 2.45) is 5.92 Å². The molecule has 0 aromatic carbocycles. The molecule has 120 valence electrons. The number of nitrogens with one attached hydrogen (secondary N) is 2. The van der Waals surface area contributed by atoms with Gasteiger partial charge in [0.25, 0.3) is 0 Å². The van der Waals surface area contributed by atoms with E-state index in [1.54, 1.807) is 11.9 Å². The Morgan fingerprint density at radius 3 is 2.71 bits per heavy atom. The summed E-state index contributed by atoms with van der Waals surface area (Å²) < 4.78 is 0. The van der Waals surface area contributed by atoms with Crippen LogP contribution in [-0.4, -0.2) is 74.5 Å². The topological polar surface area (TPSA) is 64.7 Å². The molecule has 6 heteroatoms. The van der Waals surface area contributed by atoms with E-state index in [1.807, 2.05) is 7.05 Å². The fourth-order valence-electron chi connectivity index (χ4n) is 2.87. The van der Waals surface area contributed by atoms with E-state index < -0.39 is 0 Å². The number of hydrogen-bond donors (Lipinski definition) is 2. The van der Waals surface area contributed by atoms with E-state index in [4.69, 9.17) is 0 Å². The molecule has 1 unspecified atom stereocenters. The van der Waals surface area contributed by atoms with E-state index in [9.17, 15) is 9.59 Å². The predicted octanol–water partition coefficient (Wildman–Crippen LogP) is -0.345. The van der Waals surface area contributed by atoms with E-state index >= 15 is 0 Å². The van der Waals surface area contributed by atoms with Gasteiger partial charge in [-0.1, -0.05) is 0 Å². The van der Waals surface area contributed by atoms with Crippen molar-refractivity contribution in [2.45, 2.75) is 31.7 Å². The molecule has 1 atom stereocenters. The van der Waals surface area contributed by atoms with Crippen LogP contribution in [0.4, 0.5) is 0 Å². The highest BCUT2D eigenvalue weighted by Crippen LogP contribution is 2.18. The Kier molecular flexibility index (Phi) is 5.99. The van der Waals surface area contributed by atoms with Gasteiger partial charge in [-0.3, -0.25) is 14.5 Å². The summed E-state index contributed by atoms with van der Waals surface area (Å²) in [7, 11) is 3.68. The molecule has 0 bridgehead atoms. The highest BCUT2D eigenvalue weighted by atomic mass is 16.2. The lowest BCUT2D eigenvalue weighted by molar-refractivity contribution is -0.136. The number of carbonyl (C=O) groups is 2. The van der Waals surface area contributed by atoms with Crippen LogP contribution >= 0.6 is 0 Å². The normalized spacial score (nSPS) is 22.9. The maximum absolute atomic E-state index is 12.2.